The van der Waals surface area contributed by atoms with E-state index >= 15 is 0 Å². The Kier molecular flexibility index (Phi) is 4.31. The Labute approximate surface area is 113 Å². The zero-order valence-electron chi connectivity index (χ0n) is 9.57. The maximum absolute atomic E-state index is 11.9. The highest BCUT2D eigenvalue weighted by atomic mass is 79.9. The van der Waals surface area contributed by atoms with Crippen LogP contribution in [0.2, 0.25) is 0 Å². The van der Waals surface area contributed by atoms with E-state index in [1.807, 2.05) is 6.07 Å². The summed E-state index contributed by atoms with van der Waals surface area (Å²) in [5.41, 5.74) is 0.918. The van der Waals surface area contributed by atoms with Crippen LogP contribution in [0.1, 0.15) is 5.56 Å². The summed E-state index contributed by atoms with van der Waals surface area (Å²) in [6.45, 7) is 1.76. The highest BCUT2D eigenvalue weighted by molar-refractivity contribution is 9.10. The molecule has 1 saturated heterocycles. The molecule has 0 aromatic heterocycles. The summed E-state index contributed by atoms with van der Waals surface area (Å²) >= 11 is 3.31. The van der Waals surface area contributed by atoms with Crippen molar-refractivity contribution < 1.29 is 9.53 Å². The Morgan fingerprint density at radius 1 is 1.61 bits per heavy atom. The third-order valence-corrected chi connectivity index (χ3v) is 3.07. The Morgan fingerprint density at radius 2 is 2.44 bits per heavy atom. The van der Waals surface area contributed by atoms with Crippen molar-refractivity contribution in [3.63, 3.8) is 0 Å². The van der Waals surface area contributed by atoms with Crippen molar-refractivity contribution in [2.45, 2.75) is 6.10 Å². The second kappa shape index (κ2) is 5.96. The van der Waals surface area contributed by atoms with Crippen LogP contribution in [0.3, 0.4) is 0 Å². The van der Waals surface area contributed by atoms with Gasteiger partial charge in [0.05, 0.1) is 17.9 Å². The predicted octanol–water partition coefficient (Wildman–Crippen LogP) is 1.25. The van der Waals surface area contributed by atoms with Crippen molar-refractivity contribution in [2.75, 3.05) is 25.0 Å². The maximum atomic E-state index is 11.9. The van der Waals surface area contributed by atoms with Crippen LogP contribution in [0.5, 0.6) is 0 Å². The molecule has 2 rings (SSSR count). The fourth-order valence-corrected chi connectivity index (χ4v) is 2.03. The number of hydrogen-bond donors (Lipinski definition) is 2. The van der Waals surface area contributed by atoms with Gasteiger partial charge in [0.25, 0.3) is 5.91 Å². The van der Waals surface area contributed by atoms with Crippen LogP contribution in [-0.2, 0) is 9.53 Å². The number of nitrogens with zero attached hydrogens (tertiary/aromatic N) is 1. The van der Waals surface area contributed by atoms with Crippen molar-refractivity contribution in [3.05, 3.63) is 28.2 Å². The molecule has 0 saturated carbocycles. The molecule has 0 radical (unpaired) electrons. The van der Waals surface area contributed by atoms with Gasteiger partial charge in [-0.3, -0.25) is 4.79 Å². The highest BCUT2D eigenvalue weighted by Crippen LogP contribution is 2.21. The molecule has 1 atom stereocenters. The molecule has 1 unspecified atom stereocenters. The minimum atomic E-state index is -0.510. The van der Waals surface area contributed by atoms with Crippen molar-refractivity contribution >= 4 is 27.5 Å². The van der Waals surface area contributed by atoms with E-state index in [-0.39, 0.29) is 5.91 Å². The molecule has 2 N–H and O–H groups in total. The molecule has 1 heterocycles. The number of carbonyl (C=O) groups is 1. The second-order valence-electron chi connectivity index (χ2n) is 3.85. The summed E-state index contributed by atoms with van der Waals surface area (Å²) in [5, 5.41) is 14.8. The van der Waals surface area contributed by atoms with E-state index in [0.29, 0.717) is 24.4 Å². The second-order valence-corrected chi connectivity index (χ2v) is 4.77. The number of rotatable bonds is 2. The lowest BCUT2D eigenvalue weighted by atomic mass is 10.2. The molecule has 0 aliphatic carbocycles. The van der Waals surface area contributed by atoms with Crippen LogP contribution >= 0.6 is 15.9 Å². The van der Waals surface area contributed by atoms with Gasteiger partial charge in [0.1, 0.15) is 12.2 Å². The number of carbonyl (C=O) groups excluding carboxylic acids is 1. The summed E-state index contributed by atoms with van der Waals surface area (Å²) in [7, 11) is 0. The molecule has 1 fully saturated rings. The normalized spacial score (nSPS) is 19.0. The van der Waals surface area contributed by atoms with Crippen LogP contribution < -0.4 is 10.6 Å². The largest absolute Gasteiger partial charge is 0.366 e. The first-order valence-electron chi connectivity index (χ1n) is 5.53. The van der Waals surface area contributed by atoms with Gasteiger partial charge < -0.3 is 15.4 Å². The molecule has 0 spiro atoms. The van der Waals surface area contributed by atoms with Gasteiger partial charge in [-0.2, -0.15) is 5.26 Å². The molecule has 0 bridgehead atoms. The molecular formula is C12H12BrN3O2. The van der Waals surface area contributed by atoms with Gasteiger partial charge in [-0.1, -0.05) is 15.9 Å². The number of halogens is 1. The Balaban J connectivity index is 2.11. The van der Waals surface area contributed by atoms with Crippen LogP contribution in [0.15, 0.2) is 22.7 Å². The van der Waals surface area contributed by atoms with E-state index < -0.39 is 6.10 Å². The summed E-state index contributed by atoms with van der Waals surface area (Å²) in [4.78, 5) is 11.9. The first-order valence-corrected chi connectivity index (χ1v) is 6.33. The van der Waals surface area contributed by atoms with Gasteiger partial charge in [0.2, 0.25) is 0 Å². The fourth-order valence-electron chi connectivity index (χ4n) is 1.66. The van der Waals surface area contributed by atoms with E-state index in [9.17, 15) is 4.79 Å². The lowest BCUT2D eigenvalue weighted by molar-refractivity contribution is -0.128. The molecule has 18 heavy (non-hydrogen) atoms. The van der Waals surface area contributed by atoms with Crippen LogP contribution in [0, 0.1) is 11.3 Å². The molecule has 6 heteroatoms. The van der Waals surface area contributed by atoms with Crippen molar-refractivity contribution in [2.24, 2.45) is 0 Å². The first kappa shape index (κ1) is 13.0. The van der Waals surface area contributed by atoms with Gasteiger partial charge >= 0.3 is 0 Å². The van der Waals surface area contributed by atoms with E-state index in [1.54, 1.807) is 18.2 Å². The lowest BCUT2D eigenvalue weighted by Gasteiger charge is -2.22. The molecule has 1 aliphatic rings. The fraction of sp³-hybridized carbons (Fsp3) is 0.333. The average Bonchev–Trinajstić information content (AvgIpc) is 2.40. The molecule has 1 amide bonds. The average molecular weight is 310 g/mol. The van der Waals surface area contributed by atoms with E-state index in [0.717, 1.165) is 11.0 Å². The van der Waals surface area contributed by atoms with Crippen molar-refractivity contribution in [1.82, 2.24) is 5.32 Å². The van der Waals surface area contributed by atoms with Crippen LogP contribution in [0.25, 0.3) is 0 Å². The molecule has 1 aromatic carbocycles. The summed E-state index contributed by atoms with van der Waals surface area (Å²) in [5.74, 6) is -0.239. The minimum absolute atomic E-state index is 0.239. The number of anilines is 1. The zero-order chi connectivity index (χ0) is 13.0. The van der Waals surface area contributed by atoms with Crippen LogP contribution in [-0.4, -0.2) is 31.7 Å². The topological polar surface area (TPSA) is 74.2 Å². The molecule has 5 nitrogen and oxygen atoms in total. The van der Waals surface area contributed by atoms with E-state index in [1.165, 1.54) is 0 Å². The minimum Gasteiger partial charge on any atom is -0.366 e. The number of benzene rings is 1. The van der Waals surface area contributed by atoms with E-state index in [2.05, 4.69) is 26.6 Å². The standard InChI is InChI=1S/C12H12BrN3O2/c13-9-2-1-8(6-14)10(5-9)16-12(17)11-7-15-3-4-18-11/h1-2,5,11,15H,3-4,7H2,(H,16,17). The molecular weight excluding hydrogens is 298 g/mol. The third kappa shape index (κ3) is 3.07. The molecule has 94 valence electrons. The molecule has 1 aliphatic heterocycles. The lowest BCUT2D eigenvalue weighted by Crippen LogP contribution is -2.45. The number of amides is 1. The maximum Gasteiger partial charge on any atom is 0.254 e. The van der Waals surface area contributed by atoms with Gasteiger partial charge in [-0.15, -0.1) is 0 Å². The Morgan fingerprint density at radius 3 is 3.11 bits per heavy atom. The van der Waals surface area contributed by atoms with Crippen molar-refractivity contribution in [3.8, 4) is 6.07 Å². The summed E-state index contributed by atoms with van der Waals surface area (Å²) in [6, 6.07) is 7.15. The smallest absolute Gasteiger partial charge is 0.254 e. The van der Waals surface area contributed by atoms with Crippen LogP contribution in [0.4, 0.5) is 5.69 Å². The Hall–Kier alpha value is -1.42. The number of hydrogen-bond acceptors (Lipinski definition) is 4. The number of nitrogens with one attached hydrogen (secondary N) is 2. The summed E-state index contributed by atoms with van der Waals surface area (Å²) in [6.07, 6.45) is -0.510. The quantitative estimate of drug-likeness (QED) is 0.862. The van der Waals surface area contributed by atoms with Gasteiger partial charge in [-0.25, -0.2) is 0 Å². The number of ether oxygens (including phenoxy) is 1. The van der Waals surface area contributed by atoms with Gasteiger partial charge in [0.15, 0.2) is 0 Å². The SMILES string of the molecule is N#Cc1ccc(Br)cc1NC(=O)C1CNCCO1. The first-order chi connectivity index (χ1) is 8.70. The van der Waals surface area contributed by atoms with Gasteiger partial charge in [0, 0.05) is 17.6 Å². The monoisotopic (exact) mass is 309 g/mol. The number of nitriles is 1. The molecule has 1 aromatic rings. The zero-order valence-corrected chi connectivity index (χ0v) is 11.2. The van der Waals surface area contributed by atoms with Crippen molar-refractivity contribution in [1.29, 1.82) is 5.26 Å². The van der Waals surface area contributed by atoms with Gasteiger partial charge in [-0.05, 0) is 18.2 Å². The number of morpholine rings is 1. The predicted molar refractivity (Wildman–Crippen MR) is 70.1 cm³/mol. The Bertz CT molecular complexity index is 493. The highest BCUT2D eigenvalue weighted by Gasteiger charge is 2.22. The third-order valence-electron chi connectivity index (χ3n) is 2.58. The van der Waals surface area contributed by atoms with E-state index in [4.69, 9.17) is 10.00 Å². The summed E-state index contributed by atoms with van der Waals surface area (Å²) < 4.78 is 6.15.